The van der Waals surface area contributed by atoms with E-state index in [1.54, 1.807) is 11.3 Å². The quantitative estimate of drug-likeness (QED) is 0.886. The van der Waals surface area contributed by atoms with Gasteiger partial charge < -0.3 is 5.32 Å². The molecule has 0 aliphatic heterocycles. The fraction of sp³-hybridized carbons (Fsp3) is 0.312. The van der Waals surface area contributed by atoms with Crippen molar-refractivity contribution >= 4 is 17.2 Å². The van der Waals surface area contributed by atoms with Crippen LogP contribution in [0.4, 0.5) is 0 Å². The largest absolute Gasteiger partial charge is 0.348 e. The second-order valence-corrected chi connectivity index (χ2v) is 5.94. The molecule has 106 valence electrons. The van der Waals surface area contributed by atoms with Gasteiger partial charge in [-0.05, 0) is 31.0 Å². The number of nitrogens with one attached hydrogen (secondary N) is 1. The van der Waals surface area contributed by atoms with Gasteiger partial charge in [-0.25, -0.2) is 0 Å². The summed E-state index contributed by atoms with van der Waals surface area (Å²) in [5, 5.41) is 5.06. The minimum Gasteiger partial charge on any atom is -0.348 e. The highest BCUT2D eigenvalue weighted by atomic mass is 32.1. The van der Waals surface area contributed by atoms with E-state index in [0.717, 1.165) is 6.54 Å². The molecule has 2 aromatic rings. The van der Waals surface area contributed by atoms with Crippen molar-refractivity contribution in [3.8, 4) is 0 Å². The molecule has 1 aromatic carbocycles. The lowest BCUT2D eigenvalue weighted by atomic mass is 10.2. The summed E-state index contributed by atoms with van der Waals surface area (Å²) in [4.78, 5) is 15.2. The second kappa shape index (κ2) is 7.22. The molecule has 2 rings (SSSR count). The Kier molecular flexibility index (Phi) is 5.32. The summed E-state index contributed by atoms with van der Waals surface area (Å²) < 4.78 is 0. The average molecular weight is 288 g/mol. The molecule has 1 heterocycles. The number of carbonyl (C=O) groups excluding carboxylic acids is 1. The number of carbonyl (C=O) groups is 1. The topological polar surface area (TPSA) is 32.3 Å². The number of amides is 1. The molecular weight excluding hydrogens is 268 g/mol. The molecule has 1 amide bonds. The Hall–Kier alpha value is -1.65. The summed E-state index contributed by atoms with van der Waals surface area (Å²) >= 11 is 1.67. The highest BCUT2D eigenvalue weighted by Gasteiger charge is 2.12. The number of benzene rings is 1. The van der Waals surface area contributed by atoms with Crippen molar-refractivity contribution in [3.05, 3.63) is 58.3 Å². The molecule has 0 aliphatic carbocycles. The van der Waals surface area contributed by atoms with Gasteiger partial charge in [0.2, 0.25) is 5.91 Å². The predicted octanol–water partition coefficient (Wildman–Crippen LogP) is 3.06. The Bertz CT molecular complexity index is 525. The first-order valence-corrected chi connectivity index (χ1v) is 7.58. The molecule has 0 spiro atoms. The fourth-order valence-electron chi connectivity index (χ4n) is 2.09. The number of nitrogens with zero attached hydrogens (tertiary/aromatic N) is 1. The molecule has 1 N–H and O–H groups in total. The molecule has 20 heavy (non-hydrogen) atoms. The van der Waals surface area contributed by atoms with Gasteiger partial charge in [0.1, 0.15) is 0 Å². The molecule has 3 nitrogen and oxygen atoms in total. The molecule has 0 unspecified atom stereocenters. The Morgan fingerprint density at radius 2 is 2.00 bits per heavy atom. The molecule has 0 fully saturated rings. The first-order chi connectivity index (χ1) is 9.65. The van der Waals surface area contributed by atoms with Gasteiger partial charge in [-0.1, -0.05) is 36.4 Å². The minimum absolute atomic E-state index is 0.0596. The summed E-state index contributed by atoms with van der Waals surface area (Å²) in [6, 6.07) is 14.3. The number of hydrogen-bond acceptors (Lipinski definition) is 3. The maximum atomic E-state index is 12.0. The lowest BCUT2D eigenvalue weighted by molar-refractivity contribution is -0.122. The van der Waals surface area contributed by atoms with Crippen LogP contribution in [0, 0.1) is 0 Å². The smallest absolute Gasteiger partial charge is 0.234 e. The normalized spacial score (nSPS) is 12.3. The van der Waals surface area contributed by atoms with E-state index in [2.05, 4.69) is 17.4 Å². The van der Waals surface area contributed by atoms with Gasteiger partial charge in [-0.2, -0.15) is 0 Å². The minimum atomic E-state index is 0.0596. The van der Waals surface area contributed by atoms with Crippen molar-refractivity contribution < 1.29 is 4.79 Å². The number of hydrogen-bond donors (Lipinski definition) is 1. The molecule has 0 radical (unpaired) electrons. The van der Waals surface area contributed by atoms with Crippen molar-refractivity contribution in [1.82, 2.24) is 10.2 Å². The highest BCUT2D eigenvalue weighted by Crippen LogP contribution is 2.17. The van der Waals surface area contributed by atoms with Crippen molar-refractivity contribution in [2.75, 3.05) is 13.6 Å². The van der Waals surface area contributed by atoms with Crippen LogP contribution in [0.25, 0.3) is 0 Å². The molecule has 1 aromatic heterocycles. The summed E-state index contributed by atoms with van der Waals surface area (Å²) in [6.07, 6.45) is 0. The van der Waals surface area contributed by atoms with Crippen LogP contribution in [0.3, 0.4) is 0 Å². The van der Waals surface area contributed by atoms with Crippen molar-refractivity contribution in [2.45, 2.75) is 19.5 Å². The SMILES string of the molecule is C[C@H](NC(=O)CN(C)Cc1ccccc1)c1cccs1. The third-order valence-corrected chi connectivity index (χ3v) is 4.11. The third kappa shape index (κ3) is 4.47. The molecular formula is C16H20N2OS. The van der Waals surface area contributed by atoms with Gasteiger partial charge in [0.05, 0.1) is 12.6 Å². The Morgan fingerprint density at radius 3 is 2.65 bits per heavy atom. The first-order valence-electron chi connectivity index (χ1n) is 6.70. The van der Waals surface area contributed by atoms with Gasteiger partial charge in [-0.15, -0.1) is 11.3 Å². The molecule has 1 atom stereocenters. The summed E-state index contributed by atoms with van der Waals surface area (Å²) in [6.45, 7) is 3.20. The van der Waals surface area contributed by atoms with Gasteiger partial charge in [0.25, 0.3) is 0 Å². The molecule has 0 bridgehead atoms. The number of rotatable bonds is 6. The summed E-state index contributed by atoms with van der Waals surface area (Å²) in [7, 11) is 1.96. The van der Waals surface area contributed by atoms with Gasteiger partial charge in [0.15, 0.2) is 0 Å². The number of likely N-dealkylation sites (N-methyl/N-ethyl adjacent to an activating group) is 1. The van der Waals surface area contributed by atoms with Crippen LogP contribution in [0.1, 0.15) is 23.4 Å². The zero-order valence-electron chi connectivity index (χ0n) is 11.9. The molecule has 0 saturated carbocycles. The van der Waals surface area contributed by atoms with Gasteiger partial charge in [-0.3, -0.25) is 9.69 Å². The maximum Gasteiger partial charge on any atom is 0.234 e. The third-order valence-electron chi connectivity index (χ3n) is 3.06. The van der Waals surface area contributed by atoms with E-state index in [4.69, 9.17) is 0 Å². The van der Waals surface area contributed by atoms with E-state index < -0.39 is 0 Å². The zero-order chi connectivity index (χ0) is 14.4. The summed E-state index contributed by atoms with van der Waals surface area (Å²) in [5.41, 5.74) is 1.22. The molecule has 0 saturated heterocycles. The van der Waals surface area contributed by atoms with E-state index >= 15 is 0 Å². The van der Waals surface area contributed by atoms with Crippen molar-refractivity contribution in [2.24, 2.45) is 0 Å². The lowest BCUT2D eigenvalue weighted by Gasteiger charge is -2.18. The molecule has 0 aliphatic rings. The van der Waals surface area contributed by atoms with E-state index in [9.17, 15) is 4.79 Å². The predicted molar refractivity (Wildman–Crippen MR) is 83.7 cm³/mol. The van der Waals surface area contributed by atoms with Crippen LogP contribution < -0.4 is 5.32 Å². The summed E-state index contributed by atoms with van der Waals surface area (Å²) in [5.74, 6) is 0.0596. The van der Waals surface area contributed by atoms with E-state index in [0.29, 0.717) is 6.54 Å². The van der Waals surface area contributed by atoms with Crippen molar-refractivity contribution in [3.63, 3.8) is 0 Å². The van der Waals surface area contributed by atoms with Crippen LogP contribution in [0.15, 0.2) is 47.8 Å². The van der Waals surface area contributed by atoms with Crippen LogP contribution >= 0.6 is 11.3 Å². The number of thiophene rings is 1. The van der Waals surface area contributed by atoms with E-state index in [-0.39, 0.29) is 11.9 Å². The van der Waals surface area contributed by atoms with E-state index in [1.165, 1.54) is 10.4 Å². The van der Waals surface area contributed by atoms with Crippen LogP contribution in [0.5, 0.6) is 0 Å². The van der Waals surface area contributed by atoms with Gasteiger partial charge >= 0.3 is 0 Å². The standard InChI is InChI=1S/C16H20N2OS/c1-13(15-9-6-10-20-15)17-16(19)12-18(2)11-14-7-4-3-5-8-14/h3-10,13H,11-12H2,1-2H3,(H,17,19)/t13-/m0/s1. The monoisotopic (exact) mass is 288 g/mol. The average Bonchev–Trinajstić information content (AvgIpc) is 2.93. The van der Waals surface area contributed by atoms with Crippen LogP contribution in [0.2, 0.25) is 0 Å². The zero-order valence-corrected chi connectivity index (χ0v) is 12.7. The Balaban J connectivity index is 1.79. The highest BCUT2D eigenvalue weighted by molar-refractivity contribution is 7.10. The second-order valence-electron chi connectivity index (χ2n) is 4.96. The lowest BCUT2D eigenvalue weighted by Crippen LogP contribution is -2.36. The fourth-order valence-corrected chi connectivity index (χ4v) is 2.83. The van der Waals surface area contributed by atoms with Crippen molar-refractivity contribution in [1.29, 1.82) is 0 Å². The Labute approximate surface area is 124 Å². The first kappa shape index (κ1) is 14.8. The molecule has 4 heteroatoms. The maximum absolute atomic E-state index is 12.0. The Morgan fingerprint density at radius 1 is 1.25 bits per heavy atom. The van der Waals surface area contributed by atoms with Crippen LogP contribution in [-0.2, 0) is 11.3 Å². The van der Waals surface area contributed by atoms with Gasteiger partial charge in [0, 0.05) is 11.4 Å². The van der Waals surface area contributed by atoms with Crippen LogP contribution in [-0.4, -0.2) is 24.4 Å². The van der Waals surface area contributed by atoms with E-state index in [1.807, 2.05) is 54.6 Å².